The van der Waals surface area contributed by atoms with E-state index in [4.69, 9.17) is 0 Å². The van der Waals surface area contributed by atoms with Crippen LogP contribution in [0.4, 0.5) is 0 Å². The molecule has 0 unspecified atom stereocenters. The maximum atomic E-state index is 10.2. The van der Waals surface area contributed by atoms with Gasteiger partial charge >= 0.3 is 0 Å². The second kappa shape index (κ2) is 7.19. The molecule has 0 saturated carbocycles. The van der Waals surface area contributed by atoms with Crippen LogP contribution in [0.25, 0.3) is 0 Å². The van der Waals surface area contributed by atoms with Crippen LogP contribution < -0.4 is 5.11 Å². The molecule has 0 radical (unpaired) electrons. The Morgan fingerprint density at radius 2 is 1.94 bits per heavy atom. The highest BCUT2D eigenvalue weighted by atomic mass is 16.4. The fourth-order valence-corrected chi connectivity index (χ4v) is 0.973. The summed E-state index contributed by atoms with van der Waals surface area (Å²) in [5, 5.41) is 28.8. The molecular weight excluding hydrogens is 208 g/mol. The van der Waals surface area contributed by atoms with Crippen LogP contribution >= 0.6 is 0 Å². The fraction of sp³-hybridized carbons (Fsp3) is 0.583. The number of hydrogen-bond donors (Lipinski definition) is 2. The molecule has 92 valence electrons. The average molecular weight is 227 g/mol. The Morgan fingerprint density at radius 1 is 1.38 bits per heavy atom. The lowest BCUT2D eigenvalue weighted by molar-refractivity contribution is -0.307. The molecule has 0 spiro atoms. The zero-order chi connectivity index (χ0) is 12.7. The van der Waals surface area contributed by atoms with E-state index in [0.29, 0.717) is 5.57 Å². The van der Waals surface area contributed by atoms with Gasteiger partial charge in [-0.05, 0) is 25.3 Å². The van der Waals surface area contributed by atoms with Crippen LogP contribution in [0, 0.1) is 5.92 Å². The highest BCUT2D eigenvalue weighted by Crippen LogP contribution is 2.07. The summed E-state index contributed by atoms with van der Waals surface area (Å²) in [6.07, 6.45) is 3.27. The van der Waals surface area contributed by atoms with Crippen LogP contribution in [-0.4, -0.2) is 28.4 Å². The van der Waals surface area contributed by atoms with Gasteiger partial charge in [-0.3, -0.25) is 0 Å². The normalized spacial score (nSPS) is 18.4. The molecule has 0 aliphatic heterocycles. The molecule has 3 atom stereocenters. The molecule has 0 amide bonds. The lowest BCUT2D eigenvalue weighted by Gasteiger charge is -2.11. The van der Waals surface area contributed by atoms with Crippen LogP contribution in [0.15, 0.2) is 23.8 Å². The lowest BCUT2D eigenvalue weighted by atomic mass is 10.0. The zero-order valence-electron chi connectivity index (χ0n) is 9.88. The number of carbonyl (C=O) groups excluding carboxylic acids is 1. The Bertz CT molecular complexity index is 279. The second-order valence-electron chi connectivity index (χ2n) is 3.99. The van der Waals surface area contributed by atoms with E-state index in [1.54, 1.807) is 32.1 Å². The van der Waals surface area contributed by atoms with Gasteiger partial charge in [-0.25, -0.2) is 0 Å². The average Bonchev–Trinajstić information content (AvgIpc) is 2.15. The monoisotopic (exact) mass is 227 g/mol. The quantitative estimate of drug-likeness (QED) is 0.626. The topological polar surface area (TPSA) is 80.6 Å². The van der Waals surface area contributed by atoms with Gasteiger partial charge in [0, 0.05) is 12.4 Å². The van der Waals surface area contributed by atoms with Crippen molar-refractivity contribution in [3.63, 3.8) is 0 Å². The second-order valence-corrected chi connectivity index (χ2v) is 3.99. The van der Waals surface area contributed by atoms with Gasteiger partial charge in [0.25, 0.3) is 0 Å². The standard InChI is InChI=1S/C12H20O4/c1-8(10(3)13)5-4-6-9(2)11(14)7-12(15)16/h4-6,8,10-11,13-14H,7H2,1-3H3,(H,15,16)/p-1/b5-4+,9-6-/t8-,10+,11+/m1/s1. The van der Waals surface area contributed by atoms with Gasteiger partial charge in [0.2, 0.25) is 0 Å². The molecule has 4 nitrogen and oxygen atoms in total. The third kappa shape index (κ3) is 6.37. The molecule has 0 aliphatic carbocycles. The molecule has 16 heavy (non-hydrogen) atoms. The van der Waals surface area contributed by atoms with Crippen molar-refractivity contribution in [2.45, 2.75) is 39.4 Å². The van der Waals surface area contributed by atoms with Crippen molar-refractivity contribution < 1.29 is 20.1 Å². The van der Waals surface area contributed by atoms with Gasteiger partial charge in [0.15, 0.2) is 0 Å². The van der Waals surface area contributed by atoms with Crippen molar-refractivity contribution >= 4 is 5.97 Å². The largest absolute Gasteiger partial charge is 0.550 e. The molecule has 0 rings (SSSR count). The van der Waals surface area contributed by atoms with Crippen molar-refractivity contribution in [3.8, 4) is 0 Å². The number of carboxylic acid groups (broad SMARTS) is 1. The summed E-state index contributed by atoms with van der Waals surface area (Å²) in [6.45, 7) is 5.20. The summed E-state index contributed by atoms with van der Waals surface area (Å²) >= 11 is 0. The van der Waals surface area contributed by atoms with Crippen LogP contribution in [0.1, 0.15) is 27.2 Å². The molecule has 0 heterocycles. The number of aliphatic carboxylic acids is 1. The Kier molecular flexibility index (Phi) is 6.69. The van der Waals surface area contributed by atoms with E-state index < -0.39 is 24.6 Å². The predicted molar refractivity (Wildman–Crippen MR) is 59.4 cm³/mol. The molecule has 0 bridgehead atoms. The van der Waals surface area contributed by atoms with Gasteiger partial charge in [-0.1, -0.05) is 25.2 Å². The van der Waals surface area contributed by atoms with Crippen LogP contribution in [-0.2, 0) is 4.79 Å². The van der Waals surface area contributed by atoms with E-state index >= 15 is 0 Å². The SMILES string of the molecule is C/C(=C/C=C/[C@@H](C)[C@H](C)O)[C@@H](O)CC(=O)[O-]. The number of allylic oxidation sites excluding steroid dienone is 2. The minimum atomic E-state index is -1.28. The van der Waals surface area contributed by atoms with Crippen molar-refractivity contribution in [2.24, 2.45) is 5.92 Å². The Morgan fingerprint density at radius 3 is 2.38 bits per heavy atom. The van der Waals surface area contributed by atoms with Crippen LogP contribution in [0.2, 0.25) is 0 Å². The first kappa shape index (κ1) is 14.9. The van der Waals surface area contributed by atoms with Gasteiger partial charge in [0.05, 0.1) is 12.2 Å². The molecule has 0 fully saturated rings. The Labute approximate surface area is 95.9 Å². The molecule has 2 N–H and O–H groups in total. The van der Waals surface area contributed by atoms with Gasteiger partial charge in [-0.2, -0.15) is 0 Å². The smallest absolute Gasteiger partial charge is 0.0802 e. The first-order valence-corrected chi connectivity index (χ1v) is 5.25. The minimum absolute atomic E-state index is 0.0160. The zero-order valence-corrected chi connectivity index (χ0v) is 9.88. The summed E-state index contributed by atoms with van der Waals surface area (Å²) in [7, 11) is 0. The third-order valence-electron chi connectivity index (χ3n) is 2.42. The number of aliphatic hydroxyl groups is 2. The van der Waals surface area contributed by atoms with E-state index in [2.05, 4.69) is 0 Å². The van der Waals surface area contributed by atoms with Crippen molar-refractivity contribution in [2.75, 3.05) is 0 Å². The van der Waals surface area contributed by atoms with E-state index in [1.807, 2.05) is 6.92 Å². The Balaban J connectivity index is 4.27. The predicted octanol–water partition coefficient (Wildman–Crippen LogP) is 0.00670. The highest BCUT2D eigenvalue weighted by molar-refractivity contribution is 5.65. The first-order chi connectivity index (χ1) is 7.34. The molecule has 0 aromatic carbocycles. The van der Waals surface area contributed by atoms with Crippen LogP contribution in [0.3, 0.4) is 0 Å². The maximum Gasteiger partial charge on any atom is 0.0802 e. The summed E-state index contributed by atoms with van der Waals surface area (Å²) in [6, 6.07) is 0. The molecular formula is C12H19O4-. The number of carboxylic acids is 1. The third-order valence-corrected chi connectivity index (χ3v) is 2.42. The summed E-state index contributed by atoms with van der Waals surface area (Å²) in [4.78, 5) is 10.2. The molecule has 0 saturated heterocycles. The number of rotatable bonds is 6. The molecule has 0 aromatic rings. The van der Waals surface area contributed by atoms with Crippen molar-refractivity contribution in [1.29, 1.82) is 0 Å². The first-order valence-electron chi connectivity index (χ1n) is 5.25. The van der Waals surface area contributed by atoms with Gasteiger partial charge in [0.1, 0.15) is 0 Å². The maximum absolute atomic E-state index is 10.2. The molecule has 0 aliphatic rings. The number of hydrogen-bond acceptors (Lipinski definition) is 4. The van der Waals surface area contributed by atoms with Crippen molar-refractivity contribution in [3.05, 3.63) is 23.8 Å². The highest BCUT2D eigenvalue weighted by Gasteiger charge is 2.06. The van der Waals surface area contributed by atoms with Crippen LogP contribution in [0.5, 0.6) is 0 Å². The number of carbonyl (C=O) groups is 1. The van der Waals surface area contributed by atoms with Gasteiger partial charge < -0.3 is 20.1 Å². The minimum Gasteiger partial charge on any atom is -0.550 e. The number of aliphatic hydroxyl groups excluding tert-OH is 2. The van der Waals surface area contributed by atoms with Crippen molar-refractivity contribution in [1.82, 2.24) is 0 Å². The van der Waals surface area contributed by atoms with E-state index in [-0.39, 0.29) is 5.92 Å². The summed E-state index contributed by atoms with van der Waals surface area (Å²) < 4.78 is 0. The van der Waals surface area contributed by atoms with Gasteiger partial charge in [-0.15, -0.1) is 0 Å². The fourth-order valence-electron chi connectivity index (χ4n) is 0.973. The summed E-state index contributed by atoms with van der Waals surface area (Å²) in [5.41, 5.74) is 0.554. The Hall–Kier alpha value is -1.13. The van der Waals surface area contributed by atoms with E-state index in [9.17, 15) is 20.1 Å². The lowest BCUT2D eigenvalue weighted by Crippen LogP contribution is -2.27. The van der Waals surface area contributed by atoms with E-state index in [0.717, 1.165) is 0 Å². The summed E-state index contributed by atoms with van der Waals surface area (Å²) in [5.74, 6) is -1.26. The molecule has 4 heteroatoms. The molecule has 0 aromatic heterocycles. The van der Waals surface area contributed by atoms with E-state index in [1.165, 1.54) is 0 Å².